The first-order valence-electron chi connectivity index (χ1n) is 5.31. The highest BCUT2D eigenvalue weighted by molar-refractivity contribution is 5.41. The zero-order valence-electron chi connectivity index (χ0n) is 10.4. The Kier molecular flexibility index (Phi) is 4.12. The number of aromatic nitrogens is 1. The van der Waals surface area contributed by atoms with E-state index in [1.54, 1.807) is 26.6 Å². The summed E-state index contributed by atoms with van der Waals surface area (Å²) in [4.78, 5) is 4.05. The Labute approximate surface area is 96.8 Å². The van der Waals surface area contributed by atoms with Crippen LogP contribution < -0.4 is 15.2 Å². The minimum atomic E-state index is -0.195. The fraction of sp³-hybridized carbons (Fsp3) is 0.583. The largest absolute Gasteiger partial charge is 0.495 e. The van der Waals surface area contributed by atoms with Crippen LogP contribution in [0.5, 0.6) is 11.5 Å². The SMILES string of the molecule is COc1cncc(OC)c1CCC(C)(C)N. The van der Waals surface area contributed by atoms with Crippen molar-refractivity contribution in [1.82, 2.24) is 4.98 Å². The smallest absolute Gasteiger partial charge is 0.144 e. The third kappa shape index (κ3) is 3.38. The van der Waals surface area contributed by atoms with Crippen LogP contribution in [0.15, 0.2) is 12.4 Å². The summed E-state index contributed by atoms with van der Waals surface area (Å²) in [6.07, 6.45) is 5.07. The van der Waals surface area contributed by atoms with Crippen LogP contribution in [0.1, 0.15) is 25.8 Å². The Hall–Kier alpha value is -1.29. The average molecular weight is 224 g/mol. The summed E-state index contributed by atoms with van der Waals surface area (Å²) in [5.41, 5.74) is 6.80. The van der Waals surface area contributed by atoms with Gasteiger partial charge in [0.25, 0.3) is 0 Å². The molecule has 0 saturated carbocycles. The van der Waals surface area contributed by atoms with Crippen LogP contribution in [0.3, 0.4) is 0 Å². The Morgan fingerprint density at radius 1 is 1.19 bits per heavy atom. The number of ether oxygens (including phenoxy) is 2. The lowest BCUT2D eigenvalue weighted by atomic mass is 9.96. The summed E-state index contributed by atoms with van der Waals surface area (Å²) in [7, 11) is 3.26. The number of nitrogens with zero attached hydrogens (tertiary/aromatic N) is 1. The molecule has 0 bridgehead atoms. The number of hydrogen-bond acceptors (Lipinski definition) is 4. The molecule has 0 unspecified atom stereocenters. The lowest BCUT2D eigenvalue weighted by Crippen LogP contribution is -2.32. The summed E-state index contributed by atoms with van der Waals surface area (Å²) in [6, 6.07) is 0. The molecule has 0 saturated heterocycles. The van der Waals surface area contributed by atoms with Crippen LogP contribution in [0, 0.1) is 0 Å². The minimum Gasteiger partial charge on any atom is -0.495 e. The van der Waals surface area contributed by atoms with Gasteiger partial charge in [0, 0.05) is 11.1 Å². The van der Waals surface area contributed by atoms with Crippen LogP contribution in [0.25, 0.3) is 0 Å². The maximum absolute atomic E-state index is 5.97. The van der Waals surface area contributed by atoms with Crippen molar-refractivity contribution in [3.8, 4) is 11.5 Å². The lowest BCUT2D eigenvalue weighted by molar-refractivity contribution is 0.376. The van der Waals surface area contributed by atoms with Crippen molar-refractivity contribution in [2.45, 2.75) is 32.2 Å². The number of hydrogen-bond donors (Lipinski definition) is 1. The van der Waals surface area contributed by atoms with E-state index in [2.05, 4.69) is 4.98 Å². The molecular weight excluding hydrogens is 204 g/mol. The van der Waals surface area contributed by atoms with Crippen molar-refractivity contribution in [2.24, 2.45) is 5.73 Å². The van der Waals surface area contributed by atoms with E-state index in [1.165, 1.54) is 0 Å². The second-order valence-corrected chi connectivity index (χ2v) is 4.51. The van der Waals surface area contributed by atoms with E-state index >= 15 is 0 Å². The first-order chi connectivity index (χ1) is 7.48. The van der Waals surface area contributed by atoms with Gasteiger partial charge in [-0.15, -0.1) is 0 Å². The van der Waals surface area contributed by atoms with E-state index in [-0.39, 0.29) is 5.54 Å². The number of pyridine rings is 1. The molecule has 0 radical (unpaired) electrons. The minimum absolute atomic E-state index is 0.195. The Balaban J connectivity index is 2.91. The van der Waals surface area contributed by atoms with Gasteiger partial charge in [-0.1, -0.05) is 0 Å². The van der Waals surface area contributed by atoms with Crippen molar-refractivity contribution < 1.29 is 9.47 Å². The Morgan fingerprint density at radius 2 is 1.69 bits per heavy atom. The maximum Gasteiger partial charge on any atom is 0.144 e. The van der Waals surface area contributed by atoms with Gasteiger partial charge in [-0.2, -0.15) is 0 Å². The van der Waals surface area contributed by atoms with Crippen LogP contribution in [-0.4, -0.2) is 24.7 Å². The summed E-state index contributed by atoms with van der Waals surface area (Å²) >= 11 is 0. The molecule has 0 spiro atoms. The third-order valence-corrected chi connectivity index (χ3v) is 2.44. The highest BCUT2D eigenvalue weighted by atomic mass is 16.5. The van der Waals surface area contributed by atoms with Crippen molar-refractivity contribution in [1.29, 1.82) is 0 Å². The van der Waals surface area contributed by atoms with Gasteiger partial charge in [0.15, 0.2) is 0 Å². The monoisotopic (exact) mass is 224 g/mol. The number of rotatable bonds is 5. The standard InChI is InChI=1S/C12H20N2O2/c1-12(2,13)6-5-9-10(15-3)7-14-8-11(9)16-4/h7-8H,5-6,13H2,1-4H3. The van der Waals surface area contributed by atoms with E-state index in [0.29, 0.717) is 0 Å². The molecule has 0 amide bonds. The highest BCUT2D eigenvalue weighted by Gasteiger charge is 2.15. The molecule has 90 valence electrons. The van der Waals surface area contributed by atoms with Gasteiger partial charge in [-0.3, -0.25) is 4.98 Å². The fourth-order valence-electron chi connectivity index (χ4n) is 1.50. The molecule has 0 aromatic carbocycles. The van der Waals surface area contributed by atoms with Crippen molar-refractivity contribution >= 4 is 0 Å². The van der Waals surface area contributed by atoms with Crippen LogP contribution in [0.4, 0.5) is 0 Å². The van der Waals surface area contributed by atoms with Gasteiger partial charge in [-0.05, 0) is 26.7 Å². The van der Waals surface area contributed by atoms with Crippen LogP contribution in [-0.2, 0) is 6.42 Å². The molecule has 4 nitrogen and oxygen atoms in total. The summed E-state index contributed by atoms with van der Waals surface area (Å²) < 4.78 is 10.5. The lowest BCUT2D eigenvalue weighted by Gasteiger charge is -2.19. The summed E-state index contributed by atoms with van der Waals surface area (Å²) in [5.74, 6) is 1.51. The van der Waals surface area contributed by atoms with E-state index < -0.39 is 0 Å². The van der Waals surface area contributed by atoms with Gasteiger partial charge in [0.2, 0.25) is 0 Å². The van der Waals surface area contributed by atoms with Gasteiger partial charge in [0.05, 0.1) is 26.6 Å². The predicted octanol–water partition coefficient (Wildman–Crippen LogP) is 1.77. The zero-order chi connectivity index (χ0) is 12.2. The molecule has 0 aliphatic rings. The average Bonchev–Trinajstić information content (AvgIpc) is 2.24. The molecule has 0 atom stereocenters. The number of nitrogens with two attached hydrogens (primary N) is 1. The summed E-state index contributed by atoms with van der Waals surface area (Å²) in [6.45, 7) is 4.01. The third-order valence-electron chi connectivity index (χ3n) is 2.44. The van der Waals surface area contributed by atoms with Crippen LogP contribution in [0.2, 0.25) is 0 Å². The first kappa shape index (κ1) is 12.8. The van der Waals surface area contributed by atoms with Crippen molar-refractivity contribution in [2.75, 3.05) is 14.2 Å². The maximum atomic E-state index is 5.97. The molecule has 2 N–H and O–H groups in total. The molecular formula is C12H20N2O2. The molecule has 1 aromatic heterocycles. The fourth-order valence-corrected chi connectivity index (χ4v) is 1.50. The molecule has 16 heavy (non-hydrogen) atoms. The van der Waals surface area contributed by atoms with Crippen molar-refractivity contribution in [3.63, 3.8) is 0 Å². The number of methoxy groups -OCH3 is 2. The van der Waals surface area contributed by atoms with Gasteiger partial charge in [-0.25, -0.2) is 0 Å². The van der Waals surface area contributed by atoms with E-state index in [1.807, 2.05) is 13.8 Å². The quantitative estimate of drug-likeness (QED) is 0.828. The molecule has 0 aliphatic carbocycles. The zero-order valence-corrected chi connectivity index (χ0v) is 10.4. The first-order valence-corrected chi connectivity index (χ1v) is 5.31. The van der Waals surface area contributed by atoms with Gasteiger partial charge in [0.1, 0.15) is 11.5 Å². The molecule has 0 aliphatic heterocycles. The molecule has 1 heterocycles. The summed E-state index contributed by atoms with van der Waals surface area (Å²) in [5, 5.41) is 0. The van der Waals surface area contributed by atoms with E-state index in [9.17, 15) is 0 Å². The molecule has 1 rings (SSSR count). The normalized spacial score (nSPS) is 11.3. The van der Waals surface area contributed by atoms with E-state index in [4.69, 9.17) is 15.2 Å². The van der Waals surface area contributed by atoms with Gasteiger partial charge < -0.3 is 15.2 Å². The topological polar surface area (TPSA) is 57.4 Å². The second-order valence-electron chi connectivity index (χ2n) is 4.51. The highest BCUT2D eigenvalue weighted by Crippen LogP contribution is 2.29. The van der Waals surface area contributed by atoms with Crippen molar-refractivity contribution in [3.05, 3.63) is 18.0 Å². The van der Waals surface area contributed by atoms with E-state index in [0.717, 1.165) is 29.9 Å². The molecule has 1 aromatic rings. The molecule has 4 heteroatoms. The Bertz CT molecular complexity index is 323. The van der Waals surface area contributed by atoms with Crippen LogP contribution >= 0.6 is 0 Å². The Morgan fingerprint density at radius 3 is 2.06 bits per heavy atom. The van der Waals surface area contributed by atoms with Gasteiger partial charge >= 0.3 is 0 Å². The second kappa shape index (κ2) is 5.16. The predicted molar refractivity (Wildman–Crippen MR) is 63.9 cm³/mol. The molecule has 0 fully saturated rings.